The summed E-state index contributed by atoms with van der Waals surface area (Å²) >= 11 is 0. The van der Waals surface area contributed by atoms with Crippen LogP contribution in [0.25, 0.3) is 0 Å². The van der Waals surface area contributed by atoms with Crippen molar-refractivity contribution in [3.63, 3.8) is 0 Å². The molecule has 0 bridgehead atoms. The molecule has 2 fully saturated rings. The number of nitrogens with one attached hydrogen (secondary N) is 3. The summed E-state index contributed by atoms with van der Waals surface area (Å²) in [5.41, 5.74) is 3.11. The van der Waals surface area contributed by atoms with Crippen molar-refractivity contribution in [2.45, 2.75) is 41.2 Å². The number of ether oxygens (including phenoxy) is 3. The molecule has 0 aliphatic carbocycles. The lowest BCUT2D eigenvalue weighted by molar-refractivity contribution is -0.120. The molecule has 3 N–H and O–H groups in total. The Kier molecular flexibility index (Phi) is 25.8. The number of piperazine rings is 2. The van der Waals surface area contributed by atoms with Crippen molar-refractivity contribution < 1.29 is 28.6 Å². The minimum absolute atomic E-state index is 0. The predicted octanol–water partition coefficient (Wildman–Crippen LogP) is 5.55. The van der Waals surface area contributed by atoms with Crippen LogP contribution in [0, 0.1) is 0 Å². The molecular formula is C33H57Cl3N6O6. The van der Waals surface area contributed by atoms with Gasteiger partial charge in [-0.25, -0.2) is 4.79 Å². The highest BCUT2D eigenvalue weighted by molar-refractivity contribution is 5.96. The molecular weight excluding hydrogens is 683 g/mol. The number of methoxy groups -OCH3 is 2. The van der Waals surface area contributed by atoms with Gasteiger partial charge in [0, 0.05) is 66.6 Å². The van der Waals surface area contributed by atoms with Gasteiger partial charge in [0.05, 0.1) is 22.7 Å². The minimum Gasteiger partial charge on any atom is -0.444 e. The number of carbonyl (C=O) groups is 3. The fraction of sp³-hybridized carbons (Fsp3) is 0.545. The van der Waals surface area contributed by atoms with Gasteiger partial charge in [0.15, 0.2) is 0 Å². The lowest BCUT2D eigenvalue weighted by Crippen LogP contribution is -2.50. The highest BCUT2D eigenvalue weighted by atomic mass is 35.5. The van der Waals surface area contributed by atoms with Gasteiger partial charge < -0.3 is 44.9 Å². The summed E-state index contributed by atoms with van der Waals surface area (Å²) in [5, 5.41) is 9.06. The first-order valence-electron chi connectivity index (χ1n) is 14.6. The van der Waals surface area contributed by atoms with E-state index in [4.69, 9.17) is 14.2 Å². The fourth-order valence-corrected chi connectivity index (χ4v) is 4.71. The molecule has 4 rings (SSSR count). The second-order valence-electron chi connectivity index (χ2n) is 11.2. The third-order valence-corrected chi connectivity index (χ3v) is 6.64. The van der Waals surface area contributed by atoms with Crippen LogP contribution in [0.2, 0.25) is 0 Å². The van der Waals surface area contributed by atoms with E-state index in [1.807, 2.05) is 69.3 Å². The summed E-state index contributed by atoms with van der Waals surface area (Å²) in [5.74, 6) is -0.317. The molecule has 0 spiro atoms. The van der Waals surface area contributed by atoms with Crippen LogP contribution in [0.3, 0.4) is 0 Å². The van der Waals surface area contributed by atoms with E-state index in [0.717, 1.165) is 48.9 Å². The second-order valence-corrected chi connectivity index (χ2v) is 11.2. The van der Waals surface area contributed by atoms with Crippen molar-refractivity contribution in [2.24, 2.45) is 0 Å². The maximum Gasteiger partial charge on any atom is 0.410 e. The number of rotatable bonds is 8. The molecule has 2 aliphatic heterocycles. The molecule has 2 aliphatic rings. The quantitative estimate of drug-likeness (QED) is 0.320. The van der Waals surface area contributed by atoms with Crippen LogP contribution < -0.4 is 25.8 Å². The summed E-state index contributed by atoms with van der Waals surface area (Å²) in [6.07, 6.45) is -0.283. The number of halogens is 3. The molecule has 12 nitrogen and oxygen atoms in total. The molecule has 276 valence electrons. The normalized spacial score (nSPS) is 13.6. The number of benzene rings is 2. The molecule has 0 radical (unpaired) electrons. The van der Waals surface area contributed by atoms with Gasteiger partial charge >= 0.3 is 6.09 Å². The zero-order valence-corrected chi connectivity index (χ0v) is 29.7. The Morgan fingerprint density at radius 2 is 1.08 bits per heavy atom. The number of hydrogen-bond acceptors (Lipinski definition) is 9. The van der Waals surface area contributed by atoms with E-state index in [1.54, 1.807) is 4.90 Å². The Bertz CT molecular complexity index is 1210. The zero-order chi connectivity index (χ0) is 31.2. The minimum atomic E-state index is -0.494. The first-order valence-corrected chi connectivity index (χ1v) is 14.6. The number of para-hydroxylation sites is 4. The molecule has 3 amide bonds. The lowest BCUT2D eigenvalue weighted by Gasteiger charge is -2.37. The topological polar surface area (TPSA) is 125 Å². The summed E-state index contributed by atoms with van der Waals surface area (Å²) in [6.45, 7) is 12.0. The van der Waals surface area contributed by atoms with Crippen molar-refractivity contribution >= 4 is 77.9 Å². The Labute approximate surface area is 305 Å². The summed E-state index contributed by atoms with van der Waals surface area (Å²) in [4.78, 5) is 41.7. The van der Waals surface area contributed by atoms with Crippen molar-refractivity contribution in [1.82, 2.24) is 10.2 Å². The third kappa shape index (κ3) is 16.4. The molecule has 2 heterocycles. The molecule has 2 saturated heterocycles. The van der Waals surface area contributed by atoms with Crippen LogP contribution in [-0.2, 0) is 23.8 Å². The third-order valence-electron chi connectivity index (χ3n) is 6.64. The van der Waals surface area contributed by atoms with Crippen LogP contribution in [0.5, 0.6) is 0 Å². The lowest BCUT2D eigenvalue weighted by atomic mass is 10.2. The Morgan fingerprint density at radius 1 is 0.688 bits per heavy atom. The van der Waals surface area contributed by atoms with E-state index < -0.39 is 5.60 Å². The predicted molar refractivity (Wildman–Crippen MR) is 204 cm³/mol. The van der Waals surface area contributed by atoms with E-state index in [9.17, 15) is 14.4 Å². The molecule has 0 unspecified atom stereocenters. The maximum atomic E-state index is 12.2. The van der Waals surface area contributed by atoms with Crippen LogP contribution in [0.15, 0.2) is 48.5 Å². The van der Waals surface area contributed by atoms with Gasteiger partial charge in [-0.2, -0.15) is 0 Å². The summed E-state index contributed by atoms with van der Waals surface area (Å²) in [6, 6.07) is 15.5. The number of hydrogen-bond donors (Lipinski definition) is 3. The van der Waals surface area contributed by atoms with Gasteiger partial charge in [-0.05, 0) is 45.0 Å². The average molecular weight is 740 g/mol. The van der Waals surface area contributed by atoms with Crippen LogP contribution in [0.4, 0.5) is 27.5 Å². The summed E-state index contributed by atoms with van der Waals surface area (Å²) in [7, 11) is 3.00. The molecule has 0 aromatic heterocycles. The number of carbonyl (C=O) groups excluding carboxylic acids is 3. The SMILES string of the molecule is C.C.COCC(=O)Nc1ccccc1N1CCN(C(=O)OC(C)(C)C)CC1.COCC(=O)Nc1ccccc1N1CCNCC1.Cl.Cl.Cl. The van der Waals surface area contributed by atoms with E-state index >= 15 is 0 Å². The number of anilines is 4. The standard InChI is InChI=1S/C18H27N3O4.C13H19N3O2.2CH4.3ClH/c1-18(2,3)25-17(23)21-11-9-20(10-12-21)15-8-6-5-7-14(15)19-16(22)13-24-4;1-18-10-13(17)15-11-4-2-3-5-12(11)16-8-6-14-7-9-16;;;;;/h5-8H,9-13H2,1-4H3,(H,19,22);2-5,14H,6-10H2,1H3,(H,15,17);2*1H4;3*1H. The van der Waals surface area contributed by atoms with Crippen molar-refractivity contribution in [3.8, 4) is 0 Å². The smallest absolute Gasteiger partial charge is 0.410 e. The number of amides is 3. The van der Waals surface area contributed by atoms with E-state index in [-0.39, 0.29) is 83.2 Å². The van der Waals surface area contributed by atoms with Gasteiger partial charge in [-0.15, -0.1) is 37.2 Å². The Balaban J connectivity index is -0.000000794. The monoisotopic (exact) mass is 738 g/mol. The Hall–Kier alpha value is -3.00. The average Bonchev–Trinajstić information content (AvgIpc) is 2.98. The second kappa shape index (κ2) is 25.0. The van der Waals surface area contributed by atoms with Crippen molar-refractivity contribution in [2.75, 3.05) is 100 Å². The van der Waals surface area contributed by atoms with E-state index in [1.165, 1.54) is 14.2 Å². The van der Waals surface area contributed by atoms with Gasteiger partial charge in [0.1, 0.15) is 18.8 Å². The van der Waals surface area contributed by atoms with Gasteiger partial charge in [-0.3, -0.25) is 9.59 Å². The summed E-state index contributed by atoms with van der Waals surface area (Å²) < 4.78 is 15.1. The molecule has 0 atom stereocenters. The fourth-order valence-electron chi connectivity index (χ4n) is 4.71. The zero-order valence-electron chi connectivity index (χ0n) is 27.2. The first kappa shape index (κ1) is 49.4. The first-order chi connectivity index (χ1) is 20.6. The van der Waals surface area contributed by atoms with Crippen LogP contribution in [0.1, 0.15) is 35.6 Å². The molecule has 15 heteroatoms. The van der Waals surface area contributed by atoms with Gasteiger partial charge in [0.2, 0.25) is 11.8 Å². The number of nitrogens with zero attached hydrogens (tertiary/aromatic N) is 3. The van der Waals surface area contributed by atoms with Crippen molar-refractivity contribution in [3.05, 3.63) is 48.5 Å². The molecule has 0 saturated carbocycles. The van der Waals surface area contributed by atoms with Crippen LogP contribution >= 0.6 is 37.2 Å². The van der Waals surface area contributed by atoms with Crippen LogP contribution in [-0.4, -0.2) is 108 Å². The van der Waals surface area contributed by atoms with E-state index in [0.29, 0.717) is 26.2 Å². The molecule has 2 aromatic rings. The largest absolute Gasteiger partial charge is 0.444 e. The van der Waals surface area contributed by atoms with E-state index in [2.05, 4.69) is 25.8 Å². The molecule has 48 heavy (non-hydrogen) atoms. The van der Waals surface area contributed by atoms with Crippen molar-refractivity contribution in [1.29, 1.82) is 0 Å². The molecule has 2 aromatic carbocycles. The maximum absolute atomic E-state index is 12.2. The highest BCUT2D eigenvalue weighted by Gasteiger charge is 2.26. The van der Waals surface area contributed by atoms with Gasteiger partial charge in [-0.1, -0.05) is 39.1 Å². The Morgan fingerprint density at radius 3 is 1.48 bits per heavy atom. The highest BCUT2D eigenvalue weighted by Crippen LogP contribution is 2.27. The van der Waals surface area contributed by atoms with Gasteiger partial charge in [0.25, 0.3) is 0 Å².